The summed E-state index contributed by atoms with van der Waals surface area (Å²) in [4.78, 5) is 27.8. The first kappa shape index (κ1) is 15.1. The number of pyridine rings is 1. The number of amides is 1. The van der Waals surface area contributed by atoms with Crippen LogP contribution in [0.1, 0.15) is 36.5 Å². The predicted molar refractivity (Wildman–Crippen MR) is 77.2 cm³/mol. The Kier molecular flexibility index (Phi) is 5.20. The molecule has 0 radical (unpaired) electrons. The van der Waals surface area contributed by atoms with Gasteiger partial charge in [0.25, 0.3) is 11.5 Å². The van der Waals surface area contributed by atoms with Gasteiger partial charge in [0.05, 0.1) is 11.7 Å². The molecule has 0 aliphatic carbocycles. The molecule has 1 aliphatic heterocycles. The van der Waals surface area contributed by atoms with Crippen molar-refractivity contribution in [3.63, 3.8) is 0 Å². The van der Waals surface area contributed by atoms with E-state index in [0.29, 0.717) is 18.7 Å². The Morgan fingerprint density at radius 2 is 2.35 bits per heavy atom. The second-order valence-electron chi connectivity index (χ2n) is 4.90. The molecular weight excluding hydrogens is 280 g/mol. The van der Waals surface area contributed by atoms with E-state index in [2.05, 4.69) is 4.98 Å². The number of nitrogens with zero attached hydrogens (tertiary/aromatic N) is 1. The molecule has 0 spiro atoms. The van der Waals surface area contributed by atoms with E-state index in [1.165, 1.54) is 12.3 Å². The molecular formula is C14H19ClN2O3. The summed E-state index contributed by atoms with van der Waals surface area (Å²) in [5, 5.41) is 0.0285. The van der Waals surface area contributed by atoms with Gasteiger partial charge in [-0.2, -0.15) is 0 Å². The van der Waals surface area contributed by atoms with Gasteiger partial charge in [0.1, 0.15) is 5.02 Å². The summed E-state index contributed by atoms with van der Waals surface area (Å²) >= 11 is 5.76. The van der Waals surface area contributed by atoms with Crippen molar-refractivity contribution in [2.24, 2.45) is 0 Å². The number of halogens is 1. The minimum atomic E-state index is -0.387. The van der Waals surface area contributed by atoms with Gasteiger partial charge >= 0.3 is 0 Å². The van der Waals surface area contributed by atoms with E-state index in [1.807, 2.05) is 6.92 Å². The Bertz CT molecular complexity index is 523. The first-order chi connectivity index (χ1) is 9.61. The maximum Gasteiger partial charge on any atom is 0.266 e. The average molecular weight is 299 g/mol. The second kappa shape index (κ2) is 6.90. The second-order valence-corrected chi connectivity index (χ2v) is 5.30. The zero-order chi connectivity index (χ0) is 14.5. The van der Waals surface area contributed by atoms with Gasteiger partial charge in [-0.05, 0) is 32.3 Å². The molecule has 20 heavy (non-hydrogen) atoms. The van der Waals surface area contributed by atoms with Crippen LogP contribution in [-0.4, -0.2) is 41.6 Å². The fourth-order valence-corrected chi connectivity index (χ4v) is 2.49. The third-order valence-electron chi connectivity index (χ3n) is 3.47. The number of aromatic amines is 1. The third-order valence-corrected chi connectivity index (χ3v) is 3.75. The van der Waals surface area contributed by atoms with Crippen LogP contribution in [0.25, 0.3) is 0 Å². The molecule has 1 N–H and O–H groups in total. The maximum atomic E-state index is 12.4. The van der Waals surface area contributed by atoms with Crippen molar-refractivity contribution in [3.05, 3.63) is 33.2 Å². The van der Waals surface area contributed by atoms with Crippen molar-refractivity contribution in [2.75, 3.05) is 19.7 Å². The molecule has 5 nitrogen and oxygen atoms in total. The lowest BCUT2D eigenvalue weighted by atomic mass is 10.1. The zero-order valence-electron chi connectivity index (χ0n) is 11.5. The summed E-state index contributed by atoms with van der Waals surface area (Å²) in [5.74, 6) is -0.139. The fraction of sp³-hybridized carbons (Fsp3) is 0.571. The molecule has 1 amide bonds. The van der Waals surface area contributed by atoms with Crippen LogP contribution in [0.15, 0.2) is 17.1 Å². The molecule has 2 rings (SSSR count). The number of H-pyrrole nitrogens is 1. The molecule has 0 bridgehead atoms. The van der Waals surface area contributed by atoms with Gasteiger partial charge in [0, 0.05) is 25.9 Å². The summed E-state index contributed by atoms with van der Waals surface area (Å²) in [6.07, 6.45) is 4.72. The summed E-state index contributed by atoms with van der Waals surface area (Å²) in [5.41, 5.74) is 0.00846. The molecule has 6 heteroatoms. The minimum absolute atomic E-state index is 0.0285. The molecule has 1 unspecified atom stereocenters. The largest absolute Gasteiger partial charge is 0.376 e. The Labute approximate surface area is 122 Å². The van der Waals surface area contributed by atoms with Crippen molar-refractivity contribution >= 4 is 17.5 Å². The van der Waals surface area contributed by atoms with Crippen LogP contribution in [0.3, 0.4) is 0 Å². The van der Waals surface area contributed by atoms with Crippen LogP contribution in [-0.2, 0) is 4.74 Å². The molecule has 2 heterocycles. The van der Waals surface area contributed by atoms with Crippen LogP contribution >= 0.6 is 11.6 Å². The van der Waals surface area contributed by atoms with Crippen molar-refractivity contribution < 1.29 is 9.53 Å². The van der Waals surface area contributed by atoms with Crippen LogP contribution in [0.4, 0.5) is 0 Å². The normalized spacial score (nSPS) is 18.8. The molecule has 1 atom stereocenters. The van der Waals surface area contributed by atoms with E-state index in [-0.39, 0.29) is 22.6 Å². The van der Waals surface area contributed by atoms with Gasteiger partial charge in [0.2, 0.25) is 0 Å². The first-order valence-corrected chi connectivity index (χ1v) is 7.28. The van der Waals surface area contributed by atoms with E-state index < -0.39 is 0 Å². The number of carbonyl (C=O) groups excluding carboxylic acids is 1. The Morgan fingerprint density at radius 1 is 1.55 bits per heavy atom. The number of hydrogen-bond acceptors (Lipinski definition) is 3. The molecule has 1 aliphatic rings. The highest BCUT2D eigenvalue weighted by atomic mass is 35.5. The number of nitrogens with one attached hydrogen (secondary N) is 1. The highest BCUT2D eigenvalue weighted by Gasteiger charge is 2.21. The highest BCUT2D eigenvalue weighted by molar-refractivity contribution is 6.30. The molecule has 0 aromatic carbocycles. The van der Waals surface area contributed by atoms with Crippen molar-refractivity contribution in [1.82, 2.24) is 9.88 Å². The third kappa shape index (κ3) is 3.61. The van der Waals surface area contributed by atoms with E-state index >= 15 is 0 Å². The summed E-state index contributed by atoms with van der Waals surface area (Å²) in [7, 11) is 0. The number of ether oxygens (including phenoxy) is 1. The zero-order valence-corrected chi connectivity index (χ0v) is 12.3. The smallest absolute Gasteiger partial charge is 0.266 e. The molecule has 0 saturated carbocycles. The van der Waals surface area contributed by atoms with Crippen LogP contribution < -0.4 is 5.56 Å². The van der Waals surface area contributed by atoms with Gasteiger partial charge < -0.3 is 14.6 Å². The summed E-state index contributed by atoms with van der Waals surface area (Å²) in [6.45, 7) is 3.86. The van der Waals surface area contributed by atoms with Crippen LogP contribution in [0.2, 0.25) is 5.02 Å². The number of hydrogen-bond donors (Lipinski definition) is 1. The molecule has 110 valence electrons. The van der Waals surface area contributed by atoms with Crippen molar-refractivity contribution in [3.8, 4) is 0 Å². The number of aromatic nitrogens is 1. The fourth-order valence-electron chi connectivity index (χ4n) is 2.31. The Hall–Kier alpha value is -1.33. The van der Waals surface area contributed by atoms with Crippen LogP contribution in [0, 0.1) is 0 Å². The molecule has 1 saturated heterocycles. The van der Waals surface area contributed by atoms with Gasteiger partial charge in [-0.25, -0.2) is 0 Å². The molecule has 1 aromatic heterocycles. The molecule has 1 aromatic rings. The topological polar surface area (TPSA) is 62.4 Å². The highest BCUT2D eigenvalue weighted by Crippen LogP contribution is 2.15. The summed E-state index contributed by atoms with van der Waals surface area (Å²) in [6, 6.07) is 1.41. The standard InChI is InChI=1S/C14H19ClN2O3/c1-2-17(9-11-5-3-4-6-20-11)14(19)10-7-12(15)13(18)16-8-10/h7-8,11H,2-6,9H2,1H3,(H,16,18). The summed E-state index contributed by atoms with van der Waals surface area (Å²) < 4.78 is 5.66. The number of carbonyl (C=O) groups is 1. The average Bonchev–Trinajstić information content (AvgIpc) is 2.48. The lowest BCUT2D eigenvalue weighted by Gasteiger charge is -2.29. The van der Waals surface area contributed by atoms with E-state index in [0.717, 1.165) is 25.9 Å². The van der Waals surface area contributed by atoms with E-state index in [9.17, 15) is 9.59 Å². The predicted octanol–water partition coefficient (Wildman–Crippen LogP) is 2.06. The Balaban J connectivity index is 2.07. The maximum absolute atomic E-state index is 12.4. The quantitative estimate of drug-likeness (QED) is 0.925. The lowest BCUT2D eigenvalue weighted by Crippen LogP contribution is -2.39. The van der Waals surface area contributed by atoms with Gasteiger partial charge in [-0.1, -0.05) is 11.6 Å². The van der Waals surface area contributed by atoms with Crippen LogP contribution in [0.5, 0.6) is 0 Å². The van der Waals surface area contributed by atoms with Gasteiger partial charge in [0.15, 0.2) is 0 Å². The number of likely N-dealkylation sites (N-methyl/N-ethyl adjacent to an activating group) is 1. The minimum Gasteiger partial charge on any atom is -0.376 e. The van der Waals surface area contributed by atoms with Crippen molar-refractivity contribution in [1.29, 1.82) is 0 Å². The SMILES string of the molecule is CCN(CC1CCCCO1)C(=O)c1c[nH]c(=O)c(Cl)c1. The van der Waals surface area contributed by atoms with Gasteiger partial charge in [-0.3, -0.25) is 9.59 Å². The molecule has 1 fully saturated rings. The first-order valence-electron chi connectivity index (χ1n) is 6.91. The van der Waals surface area contributed by atoms with E-state index in [4.69, 9.17) is 16.3 Å². The Morgan fingerprint density at radius 3 is 2.95 bits per heavy atom. The monoisotopic (exact) mass is 298 g/mol. The van der Waals surface area contributed by atoms with Gasteiger partial charge in [-0.15, -0.1) is 0 Å². The number of rotatable bonds is 4. The van der Waals surface area contributed by atoms with Crippen molar-refractivity contribution in [2.45, 2.75) is 32.3 Å². The van der Waals surface area contributed by atoms with E-state index in [1.54, 1.807) is 4.90 Å². The lowest BCUT2D eigenvalue weighted by molar-refractivity contribution is -0.00312.